The summed E-state index contributed by atoms with van der Waals surface area (Å²) in [6.07, 6.45) is 1.00. The summed E-state index contributed by atoms with van der Waals surface area (Å²) < 4.78 is 5.03. The van der Waals surface area contributed by atoms with Gasteiger partial charge in [-0.25, -0.2) is 0 Å². The van der Waals surface area contributed by atoms with Gasteiger partial charge in [0.05, 0.1) is 6.10 Å². The normalized spacial score (nSPS) is 12.1. The van der Waals surface area contributed by atoms with Crippen LogP contribution in [0, 0.1) is 0 Å². The maximum Gasteiger partial charge on any atom is 0.290 e. The highest BCUT2D eigenvalue weighted by atomic mass is 16.5. The minimum Gasteiger partial charge on any atom is -0.391 e. The molecule has 5 heteroatoms. The van der Waals surface area contributed by atoms with E-state index in [1.54, 1.807) is 6.07 Å². The second-order valence-corrected chi connectivity index (χ2v) is 4.59. The lowest BCUT2D eigenvalue weighted by atomic mass is 10.1. The lowest BCUT2D eigenvalue weighted by molar-refractivity contribution is 0.0874. The van der Waals surface area contributed by atoms with E-state index >= 15 is 0 Å². The van der Waals surface area contributed by atoms with Crippen LogP contribution in [0.25, 0.3) is 11.3 Å². The second kappa shape index (κ2) is 6.86. The van der Waals surface area contributed by atoms with E-state index in [2.05, 4.69) is 10.5 Å². The number of aliphatic hydroxyl groups excluding tert-OH is 1. The first kappa shape index (κ1) is 14.3. The highest BCUT2D eigenvalue weighted by molar-refractivity contribution is 5.92. The highest BCUT2D eigenvalue weighted by Crippen LogP contribution is 2.18. The van der Waals surface area contributed by atoms with Crippen LogP contribution in [0.2, 0.25) is 0 Å². The number of hydrogen-bond donors (Lipinski definition) is 2. The number of aliphatic hydroxyl groups is 1. The SMILES string of the molecule is CCCC(O)CNC(=O)c1cc(-c2ccccc2)no1. The highest BCUT2D eigenvalue weighted by Gasteiger charge is 2.14. The average Bonchev–Trinajstić information content (AvgIpc) is 2.96. The Morgan fingerprint density at radius 1 is 1.40 bits per heavy atom. The molecule has 0 saturated carbocycles. The van der Waals surface area contributed by atoms with Crippen molar-refractivity contribution in [1.29, 1.82) is 0 Å². The fourth-order valence-corrected chi connectivity index (χ4v) is 1.86. The van der Waals surface area contributed by atoms with Gasteiger partial charge in [-0.3, -0.25) is 4.79 Å². The Morgan fingerprint density at radius 3 is 2.85 bits per heavy atom. The fraction of sp³-hybridized carbons (Fsp3) is 0.333. The zero-order valence-electron chi connectivity index (χ0n) is 11.4. The summed E-state index contributed by atoms with van der Waals surface area (Å²) in [5, 5.41) is 16.1. The van der Waals surface area contributed by atoms with Crippen LogP contribution in [0.5, 0.6) is 0 Å². The molecule has 106 valence electrons. The third-order valence-corrected chi connectivity index (χ3v) is 2.92. The molecule has 0 bridgehead atoms. The minimum absolute atomic E-state index is 0.146. The Balaban J connectivity index is 1.97. The Labute approximate surface area is 117 Å². The van der Waals surface area contributed by atoms with Crippen molar-refractivity contribution in [2.24, 2.45) is 0 Å². The lowest BCUT2D eigenvalue weighted by Gasteiger charge is -2.08. The summed E-state index contributed by atoms with van der Waals surface area (Å²) in [5.74, 6) is -0.220. The minimum atomic E-state index is -0.527. The van der Waals surface area contributed by atoms with E-state index in [0.29, 0.717) is 12.1 Å². The summed E-state index contributed by atoms with van der Waals surface area (Å²) in [6, 6.07) is 11.1. The topological polar surface area (TPSA) is 75.4 Å². The van der Waals surface area contributed by atoms with Gasteiger partial charge in [-0.1, -0.05) is 48.8 Å². The van der Waals surface area contributed by atoms with Gasteiger partial charge in [0.15, 0.2) is 0 Å². The van der Waals surface area contributed by atoms with E-state index in [9.17, 15) is 9.90 Å². The number of nitrogens with zero attached hydrogens (tertiary/aromatic N) is 1. The Hall–Kier alpha value is -2.14. The molecular weight excluding hydrogens is 256 g/mol. The largest absolute Gasteiger partial charge is 0.391 e. The number of benzene rings is 1. The van der Waals surface area contributed by atoms with Crippen molar-refractivity contribution < 1.29 is 14.4 Å². The van der Waals surface area contributed by atoms with Gasteiger partial charge in [0.25, 0.3) is 5.91 Å². The van der Waals surface area contributed by atoms with Crippen LogP contribution in [0.3, 0.4) is 0 Å². The maximum atomic E-state index is 11.8. The number of aromatic nitrogens is 1. The van der Waals surface area contributed by atoms with Crippen molar-refractivity contribution in [1.82, 2.24) is 10.5 Å². The number of hydrogen-bond acceptors (Lipinski definition) is 4. The fourth-order valence-electron chi connectivity index (χ4n) is 1.86. The Bertz CT molecular complexity index is 551. The van der Waals surface area contributed by atoms with Gasteiger partial charge in [0.2, 0.25) is 5.76 Å². The first-order chi connectivity index (χ1) is 9.70. The zero-order chi connectivity index (χ0) is 14.4. The van der Waals surface area contributed by atoms with E-state index in [1.807, 2.05) is 37.3 Å². The van der Waals surface area contributed by atoms with E-state index in [1.165, 1.54) is 0 Å². The third-order valence-electron chi connectivity index (χ3n) is 2.92. The molecule has 2 rings (SSSR count). The molecule has 5 nitrogen and oxygen atoms in total. The van der Waals surface area contributed by atoms with E-state index < -0.39 is 6.10 Å². The average molecular weight is 274 g/mol. The number of amides is 1. The summed E-state index contributed by atoms with van der Waals surface area (Å²) in [4.78, 5) is 11.8. The predicted octanol–water partition coefficient (Wildman–Crippen LogP) is 2.23. The third kappa shape index (κ3) is 3.68. The van der Waals surface area contributed by atoms with Gasteiger partial charge < -0.3 is 14.9 Å². The molecular formula is C15H18N2O3. The molecule has 1 amide bonds. The summed E-state index contributed by atoms with van der Waals surface area (Å²) >= 11 is 0. The molecule has 0 spiro atoms. The van der Waals surface area contributed by atoms with Gasteiger partial charge in [-0.15, -0.1) is 0 Å². The first-order valence-electron chi connectivity index (χ1n) is 6.69. The molecule has 1 heterocycles. The molecule has 1 unspecified atom stereocenters. The molecule has 0 fully saturated rings. The predicted molar refractivity (Wildman–Crippen MR) is 75.2 cm³/mol. The van der Waals surface area contributed by atoms with Crippen LogP contribution < -0.4 is 5.32 Å². The summed E-state index contributed by atoms with van der Waals surface area (Å²) in [5.41, 5.74) is 1.51. The van der Waals surface area contributed by atoms with E-state index in [0.717, 1.165) is 12.0 Å². The van der Waals surface area contributed by atoms with Crippen LogP contribution in [-0.2, 0) is 0 Å². The molecule has 1 aromatic heterocycles. The molecule has 20 heavy (non-hydrogen) atoms. The first-order valence-corrected chi connectivity index (χ1v) is 6.69. The zero-order valence-corrected chi connectivity index (χ0v) is 11.4. The van der Waals surface area contributed by atoms with Gasteiger partial charge in [-0.2, -0.15) is 0 Å². The Morgan fingerprint density at radius 2 is 2.15 bits per heavy atom. The van der Waals surface area contributed by atoms with Gasteiger partial charge >= 0.3 is 0 Å². The molecule has 2 aromatic rings. The van der Waals surface area contributed by atoms with Gasteiger partial charge in [0, 0.05) is 18.2 Å². The molecule has 0 saturated heterocycles. The van der Waals surface area contributed by atoms with Crippen molar-refractivity contribution in [3.8, 4) is 11.3 Å². The van der Waals surface area contributed by atoms with Crippen LogP contribution in [0.15, 0.2) is 40.9 Å². The molecule has 0 aliphatic rings. The molecule has 0 radical (unpaired) electrons. The van der Waals surface area contributed by atoms with Crippen LogP contribution in [0.4, 0.5) is 0 Å². The van der Waals surface area contributed by atoms with Gasteiger partial charge in [0.1, 0.15) is 5.69 Å². The molecule has 2 N–H and O–H groups in total. The number of carbonyl (C=O) groups excluding carboxylic acids is 1. The van der Waals surface area contributed by atoms with Crippen LogP contribution >= 0.6 is 0 Å². The van der Waals surface area contributed by atoms with Crippen molar-refractivity contribution >= 4 is 5.91 Å². The lowest BCUT2D eigenvalue weighted by Crippen LogP contribution is -2.31. The smallest absolute Gasteiger partial charge is 0.290 e. The van der Waals surface area contributed by atoms with Crippen LogP contribution in [-0.4, -0.2) is 28.8 Å². The van der Waals surface area contributed by atoms with E-state index in [-0.39, 0.29) is 18.2 Å². The molecule has 0 aliphatic carbocycles. The van der Waals surface area contributed by atoms with Crippen LogP contribution in [0.1, 0.15) is 30.3 Å². The van der Waals surface area contributed by atoms with Crippen molar-refractivity contribution in [2.75, 3.05) is 6.54 Å². The van der Waals surface area contributed by atoms with Crippen molar-refractivity contribution in [2.45, 2.75) is 25.9 Å². The van der Waals surface area contributed by atoms with Crippen molar-refractivity contribution in [3.63, 3.8) is 0 Å². The molecule has 1 aromatic carbocycles. The molecule has 0 aliphatic heterocycles. The Kier molecular flexibility index (Phi) is 4.90. The quantitative estimate of drug-likeness (QED) is 0.847. The monoisotopic (exact) mass is 274 g/mol. The maximum absolute atomic E-state index is 11.8. The summed E-state index contributed by atoms with van der Waals surface area (Å²) in [7, 11) is 0. The van der Waals surface area contributed by atoms with Gasteiger partial charge in [-0.05, 0) is 6.42 Å². The number of rotatable bonds is 6. The number of nitrogens with one attached hydrogen (secondary N) is 1. The number of carbonyl (C=O) groups is 1. The second-order valence-electron chi connectivity index (χ2n) is 4.59. The van der Waals surface area contributed by atoms with E-state index in [4.69, 9.17) is 4.52 Å². The molecule has 1 atom stereocenters. The summed E-state index contributed by atoms with van der Waals surface area (Å²) in [6.45, 7) is 2.20. The van der Waals surface area contributed by atoms with Crippen molar-refractivity contribution in [3.05, 3.63) is 42.2 Å². The standard InChI is InChI=1S/C15H18N2O3/c1-2-6-12(18)10-16-15(19)14-9-13(17-20-14)11-7-4-3-5-8-11/h3-5,7-9,12,18H,2,6,10H2,1H3,(H,16,19).